The molecule has 120 valence electrons. The van der Waals surface area contributed by atoms with Crippen LogP contribution in [-0.2, 0) is 0 Å². The maximum absolute atomic E-state index is 6.27. The van der Waals surface area contributed by atoms with E-state index in [1.807, 2.05) is 23.9 Å². The summed E-state index contributed by atoms with van der Waals surface area (Å²) in [6.45, 7) is 6.19. The van der Waals surface area contributed by atoms with Gasteiger partial charge < -0.3 is 15.0 Å². The van der Waals surface area contributed by atoms with Crippen molar-refractivity contribution in [3.63, 3.8) is 0 Å². The van der Waals surface area contributed by atoms with Crippen LogP contribution in [0.3, 0.4) is 0 Å². The zero-order valence-corrected chi connectivity index (χ0v) is 14.2. The number of para-hydroxylation sites is 1. The number of aryl methyl sites for hydroxylation is 1. The van der Waals surface area contributed by atoms with Crippen molar-refractivity contribution in [2.75, 3.05) is 34.8 Å². The van der Waals surface area contributed by atoms with E-state index < -0.39 is 0 Å². The molecule has 0 aliphatic carbocycles. The second kappa shape index (κ2) is 5.92. The Kier molecular flexibility index (Phi) is 3.77. The predicted octanol–water partition coefficient (Wildman–Crippen LogP) is 3.54. The van der Waals surface area contributed by atoms with E-state index in [0.717, 1.165) is 58.8 Å². The highest BCUT2D eigenvalue weighted by Crippen LogP contribution is 2.42. The third-order valence-electron chi connectivity index (χ3n) is 4.34. The Balaban J connectivity index is 1.79. The zero-order chi connectivity index (χ0) is 15.8. The third kappa shape index (κ3) is 2.61. The highest BCUT2D eigenvalue weighted by atomic mass is 32.2. The van der Waals surface area contributed by atoms with Crippen molar-refractivity contribution in [2.45, 2.75) is 20.0 Å². The number of nitrogens with one attached hydrogen (secondary N) is 1. The largest absolute Gasteiger partial charge is 0.483 e. The number of hydrogen-bond donors (Lipinski definition) is 1. The van der Waals surface area contributed by atoms with Crippen molar-refractivity contribution >= 4 is 29.1 Å². The molecule has 1 saturated heterocycles. The molecular formula is C17H20N4OS. The van der Waals surface area contributed by atoms with Gasteiger partial charge >= 0.3 is 0 Å². The van der Waals surface area contributed by atoms with Gasteiger partial charge in [-0.1, -0.05) is 12.1 Å². The molecule has 0 bridgehead atoms. The summed E-state index contributed by atoms with van der Waals surface area (Å²) in [6.07, 6.45) is 1.56. The number of anilines is 3. The van der Waals surface area contributed by atoms with Crippen LogP contribution in [-0.4, -0.2) is 34.6 Å². The lowest BCUT2D eigenvalue weighted by atomic mass is 10.1. The quantitative estimate of drug-likeness (QED) is 0.864. The molecule has 5 nitrogen and oxygen atoms in total. The van der Waals surface area contributed by atoms with E-state index >= 15 is 0 Å². The van der Waals surface area contributed by atoms with E-state index in [-0.39, 0.29) is 6.10 Å². The summed E-state index contributed by atoms with van der Waals surface area (Å²) < 4.78 is 6.27. The topological polar surface area (TPSA) is 50.3 Å². The smallest absolute Gasteiger partial charge is 0.146 e. The number of fused-ring (bicyclic) bond motifs is 2. The number of benzene rings is 1. The fourth-order valence-electron chi connectivity index (χ4n) is 3.16. The molecule has 0 radical (unpaired) electrons. The lowest BCUT2D eigenvalue weighted by Gasteiger charge is -2.30. The molecule has 0 amide bonds. The maximum atomic E-state index is 6.27. The molecule has 4 rings (SSSR count). The van der Waals surface area contributed by atoms with Gasteiger partial charge in [-0.05, 0) is 25.5 Å². The van der Waals surface area contributed by atoms with Gasteiger partial charge in [0.25, 0.3) is 0 Å². The zero-order valence-electron chi connectivity index (χ0n) is 13.4. The maximum Gasteiger partial charge on any atom is 0.146 e. The SMILES string of the molecule is Cc1cccc2c1O[C@H](C)c1c(ncnc1N1CCSCC1)N2. The van der Waals surface area contributed by atoms with Crippen LogP contribution < -0.4 is 15.0 Å². The molecule has 2 aromatic rings. The van der Waals surface area contributed by atoms with Crippen LogP contribution in [0.2, 0.25) is 0 Å². The van der Waals surface area contributed by atoms with E-state index in [4.69, 9.17) is 4.74 Å². The molecule has 3 heterocycles. The first-order valence-corrected chi connectivity index (χ1v) is 9.10. The Bertz CT molecular complexity index is 731. The monoisotopic (exact) mass is 328 g/mol. The van der Waals surface area contributed by atoms with Crippen LogP contribution in [0, 0.1) is 6.92 Å². The molecule has 1 aromatic heterocycles. The summed E-state index contributed by atoms with van der Waals surface area (Å²) in [6, 6.07) is 6.13. The number of aromatic nitrogens is 2. The molecule has 1 fully saturated rings. The summed E-state index contributed by atoms with van der Waals surface area (Å²) in [5, 5.41) is 3.45. The van der Waals surface area contributed by atoms with Crippen molar-refractivity contribution in [1.82, 2.24) is 9.97 Å². The fourth-order valence-corrected chi connectivity index (χ4v) is 4.06. The molecule has 23 heavy (non-hydrogen) atoms. The summed E-state index contributed by atoms with van der Waals surface area (Å²) in [5.41, 5.74) is 3.14. The summed E-state index contributed by atoms with van der Waals surface area (Å²) >= 11 is 2.00. The van der Waals surface area contributed by atoms with Gasteiger partial charge in [-0.2, -0.15) is 11.8 Å². The fraction of sp³-hybridized carbons (Fsp3) is 0.412. The molecule has 0 spiro atoms. The van der Waals surface area contributed by atoms with Crippen LogP contribution in [0.1, 0.15) is 24.2 Å². The Morgan fingerprint density at radius 3 is 2.91 bits per heavy atom. The normalized spacial score (nSPS) is 19.9. The average Bonchev–Trinajstić information content (AvgIpc) is 2.73. The van der Waals surface area contributed by atoms with Gasteiger partial charge in [0, 0.05) is 24.6 Å². The summed E-state index contributed by atoms with van der Waals surface area (Å²) in [5.74, 6) is 5.03. The first-order chi connectivity index (χ1) is 11.2. The van der Waals surface area contributed by atoms with Crippen molar-refractivity contribution in [3.05, 3.63) is 35.7 Å². The Morgan fingerprint density at radius 2 is 2.09 bits per heavy atom. The van der Waals surface area contributed by atoms with Crippen molar-refractivity contribution in [3.8, 4) is 5.75 Å². The summed E-state index contributed by atoms with van der Waals surface area (Å²) in [7, 11) is 0. The van der Waals surface area contributed by atoms with E-state index in [1.54, 1.807) is 6.33 Å². The van der Waals surface area contributed by atoms with Crippen molar-refractivity contribution < 1.29 is 4.74 Å². The lowest BCUT2D eigenvalue weighted by Crippen LogP contribution is -2.34. The van der Waals surface area contributed by atoms with Gasteiger partial charge in [0.1, 0.15) is 29.8 Å². The van der Waals surface area contributed by atoms with Gasteiger partial charge in [0.05, 0.1) is 11.3 Å². The van der Waals surface area contributed by atoms with Crippen molar-refractivity contribution in [2.24, 2.45) is 0 Å². The Labute approximate surface area is 140 Å². The van der Waals surface area contributed by atoms with Crippen molar-refractivity contribution in [1.29, 1.82) is 0 Å². The van der Waals surface area contributed by atoms with E-state index in [0.29, 0.717) is 0 Å². The standard InChI is InChI=1S/C17H20N4OS/c1-11-4-3-5-13-15(11)22-12(2)14-16(20-13)18-10-19-17(14)21-6-8-23-9-7-21/h3-5,10,12H,6-9H2,1-2H3,(H,18,19,20)/t12-/m1/s1. The van der Waals surface area contributed by atoms with Gasteiger partial charge in [0.15, 0.2) is 0 Å². The number of thioether (sulfide) groups is 1. The highest BCUT2D eigenvalue weighted by molar-refractivity contribution is 7.99. The average molecular weight is 328 g/mol. The Morgan fingerprint density at radius 1 is 1.26 bits per heavy atom. The number of nitrogens with zero attached hydrogens (tertiary/aromatic N) is 3. The second-order valence-electron chi connectivity index (χ2n) is 5.90. The molecule has 2 aliphatic rings. The third-order valence-corrected chi connectivity index (χ3v) is 5.28. The second-order valence-corrected chi connectivity index (χ2v) is 7.12. The first-order valence-electron chi connectivity index (χ1n) is 7.95. The molecule has 6 heteroatoms. The van der Waals surface area contributed by atoms with Crippen LogP contribution in [0.5, 0.6) is 5.75 Å². The van der Waals surface area contributed by atoms with Crippen LogP contribution in [0.4, 0.5) is 17.3 Å². The highest BCUT2D eigenvalue weighted by Gasteiger charge is 2.28. The van der Waals surface area contributed by atoms with E-state index in [9.17, 15) is 0 Å². The molecular weight excluding hydrogens is 308 g/mol. The van der Waals surface area contributed by atoms with Gasteiger partial charge in [-0.15, -0.1) is 0 Å². The van der Waals surface area contributed by atoms with Crippen LogP contribution in [0.15, 0.2) is 24.5 Å². The Hall–Kier alpha value is -1.95. The minimum atomic E-state index is -0.0920. The number of hydrogen-bond acceptors (Lipinski definition) is 6. The van der Waals surface area contributed by atoms with Crippen LogP contribution >= 0.6 is 11.8 Å². The minimum absolute atomic E-state index is 0.0920. The molecule has 1 atom stereocenters. The number of ether oxygens (including phenoxy) is 1. The molecule has 2 aliphatic heterocycles. The molecule has 0 unspecified atom stereocenters. The predicted molar refractivity (Wildman–Crippen MR) is 95.1 cm³/mol. The minimum Gasteiger partial charge on any atom is -0.483 e. The summed E-state index contributed by atoms with van der Waals surface area (Å²) in [4.78, 5) is 11.4. The van der Waals surface area contributed by atoms with E-state index in [2.05, 4.69) is 40.1 Å². The first kappa shape index (κ1) is 14.6. The van der Waals surface area contributed by atoms with Gasteiger partial charge in [0.2, 0.25) is 0 Å². The van der Waals surface area contributed by atoms with Gasteiger partial charge in [-0.25, -0.2) is 9.97 Å². The van der Waals surface area contributed by atoms with E-state index in [1.165, 1.54) is 0 Å². The molecule has 1 aromatic carbocycles. The number of rotatable bonds is 1. The molecule has 1 N–H and O–H groups in total. The van der Waals surface area contributed by atoms with Crippen LogP contribution in [0.25, 0.3) is 0 Å². The molecule has 0 saturated carbocycles. The lowest BCUT2D eigenvalue weighted by molar-refractivity contribution is 0.229. The van der Waals surface area contributed by atoms with Gasteiger partial charge in [-0.3, -0.25) is 0 Å².